The molecule has 0 saturated heterocycles. The monoisotopic (exact) mass is 1320 g/mol. The summed E-state index contributed by atoms with van der Waals surface area (Å²) in [6, 6.07) is 142. The molecule has 4 heterocycles. The first-order valence-electron chi connectivity index (χ1n) is 35.8. The van der Waals surface area contributed by atoms with Gasteiger partial charge in [-0.15, -0.1) is 0 Å². The number of fused-ring (bicyclic) bond motifs is 16. The summed E-state index contributed by atoms with van der Waals surface area (Å²) in [6.07, 6.45) is 0. The first-order valence-corrected chi connectivity index (χ1v) is 35.8. The second-order valence-electron chi connectivity index (χ2n) is 27.6. The molecule has 0 radical (unpaired) electrons. The molecule has 4 heteroatoms. The van der Waals surface area contributed by atoms with Gasteiger partial charge in [-0.25, -0.2) is 0 Å². The lowest BCUT2D eigenvalue weighted by Gasteiger charge is -2.11. The highest BCUT2D eigenvalue weighted by atomic mass is 15.0. The van der Waals surface area contributed by atoms with Crippen LogP contribution in [-0.4, -0.2) is 18.3 Å². The summed E-state index contributed by atoms with van der Waals surface area (Å²) in [5.41, 5.74) is 24.1. The van der Waals surface area contributed by atoms with Crippen LogP contribution in [0.3, 0.4) is 0 Å². The van der Waals surface area contributed by atoms with Gasteiger partial charge in [-0.1, -0.05) is 255 Å². The molecule has 4 aromatic heterocycles. The molecular formula is C100H64N4. The Labute approximate surface area is 600 Å². The molecule has 0 bridgehead atoms. The third kappa shape index (κ3) is 9.76. The van der Waals surface area contributed by atoms with E-state index < -0.39 is 0 Å². The lowest BCUT2D eigenvalue weighted by atomic mass is 10.0. The summed E-state index contributed by atoms with van der Waals surface area (Å²) in [5.74, 6) is 0. The third-order valence-electron chi connectivity index (χ3n) is 21.7. The maximum atomic E-state index is 2.42. The maximum Gasteiger partial charge on any atom is 0.0541 e. The number of benzene rings is 18. The highest BCUT2D eigenvalue weighted by Crippen LogP contribution is 2.43. The zero-order valence-electron chi connectivity index (χ0n) is 56.7. The quantitative estimate of drug-likeness (QED) is 0.144. The van der Waals surface area contributed by atoms with Crippen LogP contribution >= 0.6 is 0 Å². The number of hydrogen-bond donors (Lipinski definition) is 0. The van der Waals surface area contributed by atoms with Gasteiger partial charge in [0.15, 0.2) is 0 Å². The molecule has 18 aromatic carbocycles. The van der Waals surface area contributed by atoms with Crippen molar-refractivity contribution in [2.45, 2.75) is 0 Å². The van der Waals surface area contributed by atoms with Gasteiger partial charge in [0.2, 0.25) is 0 Å². The largest absolute Gasteiger partial charge is 0.309 e. The molecule has 22 rings (SSSR count). The van der Waals surface area contributed by atoms with E-state index in [0.717, 1.165) is 11.4 Å². The molecule has 0 aliphatic carbocycles. The fourth-order valence-electron chi connectivity index (χ4n) is 16.7. The van der Waals surface area contributed by atoms with Gasteiger partial charge in [-0.3, -0.25) is 0 Å². The number of rotatable bonds is 8. The molecule has 104 heavy (non-hydrogen) atoms. The van der Waals surface area contributed by atoms with Gasteiger partial charge in [0, 0.05) is 65.8 Å². The van der Waals surface area contributed by atoms with Crippen LogP contribution in [0, 0.1) is 0 Å². The second-order valence-corrected chi connectivity index (χ2v) is 27.6. The Bertz CT molecular complexity index is 7240. The minimum atomic E-state index is 1.16. The predicted octanol–water partition coefficient (Wildman–Crippen LogP) is 27.0. The van der Waals surface area contributed by atoms with Gasteiger partial charge in [0.1, 0.15) is 0 Å². The van der Waals surface area contributed by atoms with E-state index in [2.05, 4.69) is 407 Å². The topological polar surface area (TPSA) is 19.7 Å². The second kappa shape index (κ2) is 24.0. The van der Waals surface area contributed by atoms with E-state index in [1.54, 1.807) is 0 Å². The smallest absolute Gasteiger partial charge is 0.0541 e. The van der Waals surface area contributed by atoms with Crippen LogP contribution in [0.15, 0.2) is 388 Å². The van der Waals surface area contributed by atoms with Crippen LogP contribution in [0.25, 0.3) is 198 Å². The summed E-state index contributed by atoms with van der Waals surface area (Å²) < 4.78 is 9.63. The van der Waals surface area contributed by atoms with Crippen LogP contribution in [0.4, 0.5) is 0 Å². The van der Waals surface area contributed by atoms with Crippen molar-refractivity contribution in [3.8, 4) is 67.3 Å². The van der Waals surface area contributed by atoms with Crippen LogP contribution < -0.4 is 0 Å². The molecule has 0 amide bonds. The van der Waals surface area contributed by atoms with Crippen molar-refractivity contribution in [3.63, 3.8) is 0 Å². The number of nitrogens with zero attached hydrogens (tertiary/aromatic N) is 4. The Balaban J connectivity index is 0.000000134. The minimum absolute atomic E-state index is 1.16. The highest BCUT2D eigenvalue weighted by Gasteiger charge is 2.20. The lowest BCUT2D eigenvalue weighted by molar-refractivity contribution is 1.18. The van der Waals surface area contributed by atoms with Crippen molar-refractivity contribution in [1.82, 2.24) is 18.3 Å². The first-order chi connectivity index (χ1) is 51.5. The minimum Gasteiger partial charge on any atom is -0.309 e. The van der Waals surface area contributed by atoms with Crippen LogP contribution in [0.1, 0.15) is 0 Å². The first kappa shape index (κ1) is 59.1. The molecule has 0 N–H and O–H groups in total. The maximum absolute atomic E-state index is 2.42. The van der Waals surface area contributed by atoms with Gasteiger partial charge in [0.05, 0.1) is 44.1 Å². The predicted molar refractivity (Wildman–Crippen MR) is 442 cm³/mol. The van der Waals surface area contributed by atoms with E-state index in [0.29, 0.717) is 0 Å². The Hall–Kier alpha value is -13.8. The fraction of sp³-hybridized carbons (Fsp3) is 0. The molecule has 22 aromatic rings. The van der Waals surface area contributed by atoms with Gasteiger partial charge >= 0.3 is 0 Å². The number of hydrogen-bond acceptors (Lipinski definition) is 0. The third-order valence-corrected chi connectivity index (χ3v) is 21.7. The average Bonchev–Trinajstić information content (AvgIpc) is 1.59. The molecule has 0 aliphatic rings. The lowest BCUT2D eigenvalue weighted by Crippen LogP contribution is -1.94. The van der Waals surface area contributed by atoms with E-state index in [1.165, 1.54) is 186 Å². The van der Waals surface area contributed by atoms with Crippen LogP contribution in [0.2, 0.25) is 0 Å². The summed E-state index contributed by atoms with van der Waals surface area (Å²) >= 11 is 0. The van der Waals surface area contributed by atoms with Gasteiger partial charge in [0.25, 0.3) is 0 Å². The molecule has 4 nitrogen and oxygen atoms in total. The zero-order valence-corrected chi connectivity index (χ0v) is 56.7. The zero-order chi connectivity index (χ0) is 68.3. The van der Waals surface area contributed by atoms with Crippen molar-refractivity contribution < 1.29 is 0 Å². The Kier molecular flexibility index (Phi) is 13.6. The van der Waals surface area contributed by atoms with E-state index in [-0.39, 0.29) is 0 Å². The summed E-state index contributed by atoms with van der Waals surface area (Å²) in [4.78, 5) is 0. The standard InChI is InChI=1S/2C50H32N2/c1-3-12-35-28-38(21-20-33(35)10-1)37-14-9-15-41(30-37)51-47-18-7-5-16-43(47)45-31-39(23-26-49(45)51)40-24-27-50-46(32-40)44-17-6-8-19-48(44)52(50)42-25-22-34-11-2-4-13-36(34)29-42;1-3-11-36-29-38(18-17-33(36)9-1)35-19-24-41(25-20-35)51-47-15-7-5-13-43(47)45-31-39(22-27-49(45)51)40-23-28-50-46(32-40)44-14-6-8-16-48(44)52(50)42-26-21-34-10-2-4-12-37(34)30-42/h2*1-32H. The molecule has 0 spiro atoms. The summed E-state index contributed by atoms with van der Waals surface area (Å²) in [7, 11) is 0. The normalized spacial score (nSPS) is 11.8. The molecule has 0 unspecified atom stereocenters. The molecule has 0 fully saturated rings. The van der Waals surface area contributed by atoms with E-state index in [9.17, 15) is 0 Å². The molecule has 484 valence electrons. The van der Waals surface area contributed by atoms with Crippen molar-refractivity contribution in [2.24, 2.45) is 0 Å². The molecular weight excluding hydrogens is 1260 g/mol. The molecule has 0 atom stereocenters. The molecule has 0 saturated carbocycles. The van der Waals surface area contributed by atoms with Crippen molar-refractivity contribution in [3.05, 3.63) is 388 Å². The Morgan fingerprint density at radius 3 is 0.731 bits per heavy atom. The van der Waals surface area contributed by atoms with E-state index >= 15 is 0 Å². The van der Waals surface area contributed by atoms with Crippen molar-refractivity contribution >= 4 is 130 Å². The number of aromatic nitrogens is 4. The van der Waals surface area contributed by atoms with E-state index in [4.69, 9.17) is 0 Å². The number of para-hydroxylation sites is 4. The summed E-state index contributed by atoms with van der Waals surface area (Å²) in [6.45, 7) is 0. The SMILES string of the molecule is c1cc(-c2ccc3ccccc3c2)cc(-n2c3ccccc3c3cc(-c4ccc5c(c4)c4ccccc4n5-c4ccc5ccccc5c4)ccc32)c1.c1ccc2cc(-c3ccc(-n4c5ccccc5c5cc(-c6ccc7c(c6)c6ccccc6n7-c6ccc7ccccc7c6)ccc54)cc3)ccc2c1. The van der Waals surface area contributed by atoms with Gasteiger partial charge < -0.3 is 18.3 Å². The van der Waals surface area contributed by atoms with Gasteiger partial charge in [-0.05, 0) is 221 Å². The summed E-state index contributed by atoms with van der Waals surface area (Å²) in [5, 5.41) is 20.1. The Morgan fingerprint density at radius 2 is 0.356 bits per heavy atom. The van der Waals surface area contributed by atoms with Crippen molar-refractivity contribution in [1.29, 1.82) is 0 Å². The molecule has 0 aliphatic heterocycles. The van der Waals surface area contributed by atoms with Crippen LogP contribution in [0.5, 0.6) is 0 Å². The van der Waals surface area contributed by atoms with Gasteiger partial charge in [-0.2, -0.15) is 0 Å². The van der Waals surface area contributed by atoms with E-state index in [1.807, 2.05) is 0 Å². The van der Waals surface area contributed by atoms with Crippen LogP contribution in [-0.2, 0) is 0 Å². The fourth-order valence-corrected chi connectivity index (χ4v) is 16.7. The van der Waals surface area contributed by atoms with Crippen molar-refractivity contribution in [2.75, 3.05) is 0 Å². The highest BCUT2D eigenvalue weighted by molar-refractivity contribution is 6.15. The average molecular weight is 1320 g/mol. The Morgan fingerprint density at radius 1 is 0.115 bits per heavy atom.